The lowest BCUT2D eigenvalue weighted by Gasteiger charge is -2.24. The third kappa shape index (κ3) is 3.58. The Morgan fingerprint density at radius 3 is 2.47 bits per heavy atom. The van der Waals surface area contributed by atoms with Gasteiger partial charge in [-0.1, -0.05) is 49.4 Å². The fraction of sp³-hybridized carbons (Fsp3) is 0.294. The summed E-state index contributed by atoms with van der Waals surface area (Å²) in [6, 6.07) is 17.6. The molecule has 0 aliphatic heterocycles. The van der Waals surface area contributed by atoms with E-state index in [9.17, 15) is 5.11 Å². The minimum Gasteiger partial charge on any atom is -0.490 e. The first-order valence-electron chi connectivity index (χ1n) is 6.61. The molecule has 2 heteroatoms. The molecule has 1 N–H and O–H groups in total. The van der Waals surface area contributed by atoms with Crippen LogP contribution in [-0.2, 0) is 12.0 Å². The molecule has 2 nitrogen and oxygen atoms in total. The van der Waals surface area contributed by atoms with Gasteiger partial charge in [0.15, 0.2) is 0 Å². The highest BCUT2D eigenvalue weighted by Gasteiger charge is 2.23. The summed E-state index contributed by atoms with van der Waals surface area (Å²) in [7, 11) is 0. The van der Waals surface area contributed by atoms with Crippen LogP contribution in [0.2, 0.25) is 0 Å². The van der Waals surface area contributed by atoms with Gasteiger partial charge in [-0.25, -0.2) is 0 Å². The Morgan fingerprint density at radius 2 is 1.79 bits per heavy atom. The van der Waals surface area contributed by atoms with Crippen molar-refractivity contribution in [2.24, 2.45) is 0 Å². The lowest BCUT2D eigenvalue weighted by Crippen LogP contribution is -2.29. The van der Waals surface area contributed by atoms with Crippen molar-refractivity contribution in [1.29, 1.82) is 0 Å². The second-order valence-electron chi connectivity index (χ2n) is 4.93. The molecule has 0 aliphatic rings. The van der Waals surface area contributed by atoms with E-state index >= 15 is 0 Å². The summed E-state index contributed by atoms with van der Waals surface area (Å²) < 4.78 is 5.72. The zero-order valence-electron chi connectivity index (χ0n) is 11.5. The van der Waals surface area contributed by atoms with Gasteiger partial charge in [-0.15, -0.1) is 0 Å². The molecule has 0 aliphatic carbocycles. The molecule has 0 bridgehead atoms. The molecule has 2 rings (SSSR count). The Morgan fingerprint density at radius 1 is 1.05 bits per heavy atom. The highest BCUT2D eigenvalue weighted by atomic mass is 16.5. The number of hydrogen-bond donors (Lipinski definition) is 1. The number of rotatable bonds is 5. The molecule has 0 saturated heterocycles. The molecule has 0 radical (unpaired) electrons. The predicted molar refractivity (Wildman–Crippen MR) is 77.3 cm³/mol. The van der Waals surface area contributed by atoms with Crippen LogP contribution in [-0.4, -0.2) is 11.7 Å². The van der Waals surface area contributed by atoms with Crippen molar-refractivity contribution < 1.29 is 9.84 Å². The fourth-order valence-electron chi connectivity index (χ4n) is 1.96. The number of ether oxygens (including phenoxy) is 1. The van der Waals surface area contributed by atoms with Crippen LogP contribution in [0.1, 0.15) is 25.0 Å². The molecule has 0 spiro atoms. The molecule has 0 saturated carbocycles. The quantitative estimate of drug-likeness (QED) is 0.886. The average molecular weight is 256 g/mol. The van der Waals surface area contributed by atoms with E-state index in [1.807, 2.05) is 48.5 Å². The van der Waals surface area contributed by atoms with Crippen molar-refractivity contribution in [1.82, 2.24) is 0 Å². The van der Waals surface area contributed by atoms with Gasteiger partial charge in [0.05, 0.1) is 0 Å². The molecule has 2 aromatic rings. The average Bonchev–Trinajstić information content (AvgIpc) is 2.46. The molecule has 0 fully saturated rings. The van der Waals surface area contributed by atoms with Gasteiger partial charge in [0.1, 0.15) is 18.0 Å². The monoisotopic (exact) mass is 256 g/mol. The summed E-state index contributed by atoms with van der Waals surface area (Å²) in [5.74, 6) is 0.801. The van der Waals surface area contributed by atoms with E-state index in [2.05, 4.69) is 13.0 Å². The van der Waals surface area contributed by atoms with Crippen LogP contribution in [0.5, 0.6) is 5.75 Å². The van der Waals surface area contributed by atoms with Crippen molar-refractivity contribution in [3.63, 3.8) is 0 Å². The van der Waals surface area contributed by atoms with E-state index in [0.29, 0.717) is 0 Å². The van der Waals surface area contributed by atoms with Crippen molar-refractivity contribution in [2.75, 3.05) is 6.61 Å². The molecule has 19 heavy (non-hydrogen) atoms. The SMILES string of the molecule is CCc1cccc(OCC(C)(O)c2ccccc2)c1. The van der Waals surface area contributed by atoms with Gasteiger partial charge in [-0.05, 0) is 36.6 Å². The fourth-order valence-corrected chi connectivity index (χ4v) is 1.96. The van der Waals surface area contributed by atoms with Crippen molar-refractivity contribution in [3.8, 4) is 5.75 Å². The zero-order valence-corrected chi connectivity index (χ0v) is 11.5. The summed E-state index contributed by atoms with van der Waals surface area (Å²) in [6.45, 7) is 4.12. The van der Waals surface area contributed by atoms with Crippen LogP contribution >= 0.6 is 0 Å². The Kier molecular flexibility index (Phi) is 4.23. The Bertz CT molecular complexity index is 518. The van der Waals surface area contributed by atoms with Crippen molar-refractivity contribution in [2.45, 2.75) is 25.9 Å². The van der Waals surface area contributed by atoms with Gasteiger partial charge < -0.3 is 9.84 Å². The van der Waals surface area contributed by atoms with Crippen LogP contribution in [0.3, 0.4) is 0 Å². The standard InChI is InChI=1S/C17H20O2/c1-3-14-8-7-11-16(12-14)19-13-17(2,18)15-9-5-4-6-10-15/h4-12,18H,3,13H2,1-2H3. The second kappa shape index (κ2) is 5.89. The number of aliphatic hydroxyl groups is 1. The van der Waals surface area contributed by atoms with Gasteiger partial charge in [0.2, 0.25) is 0 Å². The topological polar surface area (TPSA) is 29.5 Å². The smallest absolute Gasteiger partial charge is 0.121 e. The lowest BCUT2D eigenvalue weighted by atomic mass is 9.97. The lowest BCUT2D eigenvalue weighted by molar-refractivity contribution is 0.00758. The first kappa shape index (κ1) is 13.6. The number of hydrogen-bond acceptors (Lipinski definition) is 2. The number of benzene rings is 2. The first-order valence-corrected chi connectivity index (χ1v) is 6.61. The minimum absolute atomic E-state index is 0.240. The molecular weight excluding hydrogens is 236 g/mol. The van der Waals surface area contributed by atoms with E-state index in [0.717, 1.165) is 17.7 Å². The molecule has 2 aromatic carbocycles. The van der Waals surface area contributed by atoms with Gasteiger partial charge in [0.25, 0.3) is 0 Å². The first-order chi connectivity index (χ1) is 9.12. The van der Waals surface area contributed by atoms with E-state index in [1.165, 1.54) is 5.56 Å². The summed E-state index contributed by atoms with van der Waals surface area (Å²) in [5, 5.41) is 10.4. The van der Waals surface area contributed by atoms with Crippen LogP contribution in [0.15, 0.2) is 54.6 Å². The second-order valence-corrected chi connectivity index (χ2v) is 4.93. The predicted octanol–water partition coefficient (Wildman–Crippen LogP) is 3.54. The molecular formula is C17H20O2. The molecule has 0 aromatic heterocycles. The van der Waals surface area contributed by atoms with Crippen molar-refractivity contribution in [3.05, 3.63) is 65.7 Å². The minimum atomic E-state index is -0.983. The maximum atomic E-state index is 10.4. The molecule has 1 unspecified atom stereocenters. The van der Waals surface area contributed by atoms with Crippen LogP contribution in [0.4, 0.5) is 0 Å². The van der Waals surface area contributed by atoms with Gasteiger partial charge >= 0.3 is 0 Å². The zero-order chi connectivity index (χ0) is 13.7. The van der Waals surface area contributed by atoms with Gasteiger partial charge in [-0.3, -0.25) is 0 Å². The largest absolute Gasteiger partial charge is 0.490 e. The maximum Gasteiger partial charge on any atom is 0.121 e. The van der Waals surface area contributed by atoms with Crippen LogP contribution in [0, 0.1) is 0 Å². The summed E-state index contributed by atoms with van der Waals surface area (Å²) in [5.41, 5.74) is 1.11. The highest BCUT2D eigenvalue weighted by molar-refractivity contribution is 5.29. The number of aryl methyl sites for hydroxylation is 1. The summed E-state index contributed by atoms with van der Waals surface area (Å²) >= 11 is 0. The van der Waals surface area contributed by atoms with Crippen LogP contribution < -0.4 is 4.74 Å². The Hall–Kier alpha value is -1.80. The van der Waals surface area contributed by atoms with E-state index in [1.54, 1.807) is 6.92 Å². The third-order valence-electron chi connectivity index (χ3n) is 3.22. The maximum absolute atomic E-state index is 10.4. The normalized spacial score (nSPS) is 13.8. The summed E-state index contributed by atoms with van der Waals surface area (Å²) in [6.07, 6.45) is 0.978. The molecule has 0 heterocycles. The van der Waals surface area contributed by atoms with Gasteiger partial charge in [-0.2, -0.15) is 0 Å². The van der Waals surface area contributed by atoms with E-state index < -0.39 is 5.60 Å². The summed E-state index contributed by atoms with van der Waals surface area (Å²) in [4.78, 5) is 0. The van der Waals surface area contributed by atoms with Crippen LogP contribution in [0.25, 0.3) is 0 Å². The van der Waals surface area contributed by atoms with E-state index in [4.69, 9.17) is 4.74 Å². The van der Waals surface area contributed by atoms with Crippen molar-refractivity contribution >= 4 is 0 Å². The third-order valence-corrected chi connectivity index (χ3v) is 3.22. The highest BCUT2D eigenvalue weighted by Crippen LogP contribution is 2.22. The molecule has 100 valence electrons. The Balaban J connectivity index is 2.05. The molecule has 0 amide bonds. The molecule has 1 atom stereocenters. The van der Waals surface area contributed by atoms with E-state index in [-0.39, 0.29) is 6.61 Å². The Labute approximate surface area is 114 Å². The van der Waals surface area contributed by atoms with Gasteiger partial charge in [0, 0.05) is 0 Å².